The van der Waals surface area contributed by atoms with Crippen LogP contribution in [0.2, 0.25) is 0 Å². The van der Waals surface area contributed by atoms with Gasteiger partial charge in [-0.25, -0.2) is 0 Å². The molecule has 184 valence electrons. The Morgan fingerprint density at radius 3 is 2.17 bits per heavy atom. The van der Waals surface area contributed by atoms with Crippen molar-refractivity contribution < 1.29 is 4.79 Å². The molecule has 2 N–H and O–H groups in total. The summed E-state index contributed by atoms with van der Waals surface area (Å²) >= 11 is 0. The zero-order valence-corrected chi connectivity index (χ0v) is 20.7. The van der Waals surface area contributed by atoms with Crippen molar-refractivity contribution in [2.45, 2.75) is 19.4 Å². The maximum atomic E-state index is 13.2. The highest BCUT2D eigenvalue weighted by atomic mass is 16.2. The summed E-state index contributed by atoms with van der Waals surface area (Å²) in [5.41, 5.74) is 10.5. The van der Waals surface area contributed by atoms with E-state index in [4.69, 9.17) is 5.73 Å². The smallest absolute Gasteiger partial charge is 0.225 e. The van der Waals surface area contributed by atoms with E-state index >= 15 is 0 Å². The van der Waals surface area contributed by atoms with Crippen molar-refractivity contribution >= 4 is 5.91 Å². The van der Waals surface area contributed by atoms with E-state index in [0.29, 0.717) is 5.91 Å². The molecule has 1 amide bonds. The van der Waals surface area contributed by atoms with E-state index in [0.717, 1.165) is 70.8 Å². The summed E-state index contributed by atoms with van der Waals surface area (Å²) in [7, 11) is 0. The summed E-state index contributed by atoms with van der Waals surface area (Å²) in [6.45, 7) is 11.0. The fourth-order valence-corrected chi connectivity index (χ4v) is 5.11. The monoisotopic (exact) mass is 470 g/mol. The van der Waals surface area contributed by atoms with Gasteiger partial charge in [-0.05, 0) is 60.5 Å². The van der Waals surface area contributed by atoms with E-state index in [1.165, 1.54) is 16.7 Å². The van der Waals surface area contributed by atoms with Crippen molar-refractivity contribution in [1.29, 1.82) is 0 Å². The SMILES string of the molecule is C=C/C=C(\C=C/N)CN1CCC(C(=O)N2CCN(Cc3ccc(-c4ccccc4)cc3)CC2)CC1. The molecule has 0 aromatic heterocycles. The zero-order chi connectivity index (χ0) is 24.5. The Hall–Kier alpha value is -3.15. The lowest BCUT2D eigenvalue weighted by molar-refractivity contribution is -0.138. The molecule has 0 unspecified atom stereocenters. The van der Waals surface area contributed by atoms with E-state index in [-0.39, 0.29) is 5.92 Å². The molecule has 5 nitrogen and oxygen atoms in total. The van der Waals surface area contributed by atoms with E-state index in [1.807, 2.05) is 18.2 Å². The molecule has 0 saturated carbocycles. The highest BCUT2D eigenvalue weighted by Crippen LogP contribution is 2.23. The Labute approximate surface area is 210 Å². The number of piperidine rings is 1. The van der Waals surface area contributed by atoms with Gasteiger partial charge in [0.25, 0.3) is 0 Å². The molecule has 0 aliphatic carbocycles. The zero-order valence-electron chi connectivity index (χ0n) is 20.7. The van der Waals surface area contributed by atoms with Crippen molar-refractivity contribution in [3.8, 4) is 11.1 Å². The number of carbonyl (C=O) groups is 1. The predicted molar refractivity (Wildman–Crippen MR) is 145 cm³/mol. The Morgan fingerprint density at radius 2 is 1.54 bits per heavy atom. The molecule has 2 fully saturated rings. The number of carbonyl (C=O) groups excluding carboxylic acids is 1. The van der Waals surface area contributed by atoms with Gasteiger partial charge in [0, 0.05) is 45.2 Å². The number of hydrogen-bond acceptors (Lipinski definition) is 4. The van der Waals surface area contributed by atoms with Gasteiger partial charge in [0.1, 0.15) is 0 Å². The standard InChI is InChI=1S/C30H38N4O/c1-2-6-25(13-16-31)23-32-17-14-29(15-18-32)30(35)34-21-19-33(20-22-34)24-26-9-11-28(12-10-26)27-7-4-3-5-8-27/h2-13,16,29H,1,14-15,17-24,31H2/b16-13-,25-6+. The minimum Gasteiger partial charge on any atom is -0.405 e. The van der Waals surface area contributed by atoms with Crippen LogP contribution in [-0.2, 0) is 11.3 Å². The molecule has 0 bridgehead atoms. The third kappa shape index (κ3) is 6.93. The second-order valence-corrected chi connectivity index (χ2v) is 9.55. The first kappa shape index (κ1) is 25.0. The molecule has 4 rings (SSSR count). The van der Waals surface area contributed by atoms with Crippen molar-refractivity contribution in [3.05, 3.63) is 96.7 Å². The van der Waals surface area contributed by atoms with E-state index < -0.39 is 0 Å². The number of rotatable bonds is 8. The minimum atomic E-state index is 0.153. The molecule has 0 spiro atoms. The van der Waals surface area contributed by atoms with E-state index in [9.17, 15) is 4.79 Å². The summed E-state index contributed by atoms with van der Waals surface area (Å²) in [4.78, 5) is 20.1. The maximum absolute atomic E-state index is 13.2. The van der Waals surface area contributed by atoms with Gasteiger partial charge < -0.3 is 10.6 Å². The Bertz CT molecular complexity index is 1010. The lowest BCUT2D eigenvalue weighted by atomic mass is 9.94. The second kappa shape index (κ2) is 12.5. The quantitative estimate of drug-likeness (QED) is 0.585. The summed E-state index contributed by atoms with van der Waals surface area (Å²) in [6.07, 6.45) is 9.16. The van der Waals surface area contributed by atoms with Gasteiger partial charge in [-0.2, -0.15) is 0 Å². The van der Waals surface area contributed by atoms with Gasteiger partial charge in [-0.1, -0.05) is 73.3 Å². The summed E-state index contributed by atoms with van der Waals surface area (Å²) in [5.74, 6) is 0.500. The van der Waals surface area contributed by atoms with Gasteiger partial charge in [-0.15, -0.1) is 0 Å². The average molecular weight is 471 g/mol. The van der Waals surface area contributed by atoms with Crippen LogP contribution in [0.1, 0.15) is 18.4 Å². The van der Waals surface area contributed by atoms with Gasteiger partial charge in [-0.3, -0.25) is 14.6 Å². The molecule has 0 radical (unpaired) electrons. The van der Waals surface area contributed by atoms with Crippen LogP contribution in [0.5, 0.6) is 0 Å². The van der Waals surface area contributed by atoms with Crippen molar-refractivity contribution in [1.82, 2.24) is 14.7 Å². The van der Waals surface area contributed by atoms with Gasteiger partial charge in [0.2, 0.25) is 5.91 Å². The van der Waals surface area contributed by atoms with Gasteiger partial charge >= 0.3 is 0 Å². The summed E-state index contributed by atoms with van der Waals surface area (Å²) < 4.78 is 0. The highest BCUT2D eigenvalue weighted by molar-refractivity contribution is 5.79. The number of allylic oxidation sites excluding steroid dienone is 2. The largest absolute Gasteiger partial charge is 0.405 e. The van der Waals surface area contributed by atoms with Crippen molar-refractivity contribution in [3.63, 3.8) is 0 Å². The fourth-order valence-electron chi connectivity index (χ4n) is 5.11. The Balaban J connectivity index is 1.21. The maximum Gasteiger partial charge on any atom is 0.225 e. The fraction of sp³-hybridized carbons (Fsp3) is 0.367. The van der Waals surface area contributed by atoms with Crippen LogP contribution in [0, 0.1) is 5.92 Å². The highest BCUT2D eigenvalue weighted by Gasteiger charge is 2.30. The van der Waals surface area contributed by atoms with Crippen LogP contribution >= 0.6 is 0 Å². The minimum absolute atomic E-state index is 0.153. The number of nitrogens with zero attached hydrogens (tertiary/aromatic N) is 3. The predicted octanol–water partition coefficient (Wildman–Crippen LogP) is 4.29. The third-order valence-corrected chi connectivity index (χ3v) is 7.14. The summed E-state index contributed by atoms with van der Waals surface area (Å²) in [6, 6.07) is 19.4. The lowest BCUT2D eigenvalue weighted by Crippen LogP contribution is -2.51. The number of piperazine rings is 1. The number of benzene rings is 2. The molecule has 2 aromatic carbocycles. The van der Waals surface area contributed by atoms with Gasteiger partial charge in [0.05, 0.1) is 0 Å². The number of likely N-dealkylation sites (tertiary alicyclic amines) is 1. The number of nitrogens with two attached hydrogens (primary N) is 1. The normalized spacial score (nSPS) is 18.7. The molecular formula is C30H38N4O. The van der Waals surface area contributed by atoms with Crippen LogP contribution in [0.4, 0.5) is 0 Å². The van der Waals surface area contributed by atoms with Crippen LogP contribution < -0.4 is 5.73 Å². The third-order valence-electron chi connectivity index (χ3n) is 7.14. The van der Waals surface area contributed by atoms with Crippen LogP contribution in [-0.4, -0.2) is 66.4 Å². The molecule has 2 heterocycles. The van der Waals surface area contributed by atoms with E-state index in [2.05, 4.69) is 69.8 Å². The number of hydrogen-bond donors (Lipinski definition) is 1. The van der Waals surface area contributed by atoms with Gasteiger partial charge in [0.15, 0.2) is 0 Å². The molecule has 0 atom stereocenters. The van der Waals surface area contributed by atoms with Crippen LogP contribution in [0.25, 0.3) is 11.1 Å². The molecular weight excluding hydrogens is 432 g/mol. The Morgan fingerprint density at radius 1 is 0.886 bits per heavy atom. The van der Waals surface area contributed by atoms with Crippen molar-refractivity contribution in [2.75, 3.05) is 45.8 Å². The molecule has 2 aromatic rings. The lowest BCUT2D eigenvalue weighted by Gasteiger charge is -2.38. The molecule has 2 aliphatic heterocycles. The molecule has 2 aliphatic rings. The first-order chi connectivity index (χ1) is 17.2. The van der Waals surface area contributed by atoms with E-state index in [1.54, 1.807) is 12.3 Å². The average Bonchev–Trinajstić information content (AvgIpc) is 2.90. The van der Waals surface area contributed by atoms with Crippen LogP contribution in [0.15, 0.2) is 91.2 Å². The first-order valence-corrected chi connectivity index (χ1v) is 12.7. The first-order valence-electron chi connectivity index (χ1n) is 12.7. The van der Waals surface area contributed by atoms with Crippen LogP contribution in [0.3, 0.4) is 0 Å². The molecule has 5 heteroatoms. The second-order valence-electron chi connectivity index (χ2n) is 9.55. The number of amides is 1. The molecule has 35 heavy (non-hydrogen) atoms. The Kier molecular flexibility index (Phi) is 8.93. The topological polar surface area (TPSA) is 52.8 Å². The molecule has 2 saturated heterocycles. The van der Waals surface area contributed by atoms with Crippen molar-refractivity contribution in [2.24, 2.45) is 11.7 Å². The summed E-state index contributed by atoms with van der Waals surface area (Å²) in [5, 5.41) is 0.